The van der Waals surface area contributed by atoms with Gasteiger partial charge in [-0.15, -0.1) is 0 Å². The van der Waals surface area contributed by atoms with Gasteiger partial charge in [0.1, 0.15) is 11.8 Å². The molecular formula is C19H25N3O6. The van der Waals surface area contributed by atoms with Crippen molar-refractivity contribution in [2.75, 3.05) is 34.4 Å². The minimum absolute atomic E-state index is 0.00796. The molecule has 0 bridgehead atoms. The minimum Gasteiger partial charge on any atom is -0.507 e. The van der Waals surface area contributed by atoms with Crippen LogP contribution >= 0.6 is 0 Å². The van der Waals surface area contributed by atoms with E-state index in [1.807, 2.05) is 0 Å². The van der Waals surface area contributed by atoms with Crippen LogP contribution in [0.2, 0.25) is 0 Å². The average Bonchev–Trinajstić information content (AvgIpc) is 2.65. The maximum atomic E-state index is 12.8. The van der Waals surface area contributed by atoms with Crippen molar-refractivity contribution in [3.05, 3.63) is 16.7 Å². The molecule has 0 saturated carbocycles. The molecule has 0 unspecified atom stereocenters. The summed E-state index contributed by atoms with van der Waals surface area (Å²) in [4.78, 5) is 40.1. The molecule has 28 heavy (non-hydrogen) atoms. The summed E-state index contributed by atoms with van der Waals surface area (Å²) in [7, 11) is 4.53. The summed E-state index contributed by atoms with van der Waals surface area (Å²) in [6, 6.07) is -1.42. The van der Waals surface area contributed by atoms with Gasteiger partial charge < -0.3 is 29.7 Å². The SMILES string of the molecule is COc1c(C)c(O)c2c(c1OC)[C@H](CNC(C)=O)N1C(=O)CN(C)C(=O)[C@@H]1C2. The lowest BCUT2D eigenvalue weighted by molar-refractivity contribution is -0.158. The second-order valence-corrected chi connectivity index (χ2v) is 7.10. The number of piperazine rings is 1. The molecule has 152 valence electrons. The fourth-order valence-corrected chi connectivity index (χ4v) is 4.16. The number of amides is 3. The highest BCUT2D eigenvalue weighted by Crippen LogP contribution is 2.50. The number of nitrogens with zero attached hydrogens (tertiary/aromatic N) is 2. The Balaban J connectivity index is 2.26. The second kappa shape index (κ2) is 7.21. The number of phenols is 1. The van der Waals surface area contributed by atoms with Crippen molar-refractivity contribution < 1.29 is 29.0 Å². The Hall–Kier alpha value is -2.97. The quantitative estimate of drug-likeness (QED) is 0.755. The van der Waals surface area contributed by atoms with Crippen molar-refractivity contribution in [3.63, 3.8) is 0 Å². The largest absolute Gasteiger partial charge is 0.507 e. The summed E-state index contributed by atoms with van der Waals surface area (Å²) in [6.45, 7) is 3.12. The van der Waals surface area contributed by atoms with Crippen molar-refractivity contribution in [3.8, 4) is 17.2 Å². The van der Waals surface area contributed by atoms with E-state index in [1.54, 1.807) is 14.0 Å². The van der Waals surface area contributed by atoms with E-state index in [-0.39, 0.29) is 43.0 Å². The van der Waals surface area contributed by atoms with Crippen LogP contribution in [0.5, 0.6) is 17.2 Å². The Bertz CT molecular complexity index is 853. The molecule has 1 aromatic rings. The predicted molar refractivity (Wildman–Crippen MR) is 99.3 cm³/mol. The number of benzene rings is 1. The molecule has 9 nitrogen and oxygen atoms in total. The molecule has 1 fully saturated rings. The highest BCUT2D eigenvalue weighted by molar-refractivity contribution is 5.96. The number of ether oxygens (including phenoxy) is 2. The lowest BCUT2D eigenvalue weighted by Crippen LogP contribution is -2.63. The number of carbonyl (C=O) groups excluding carboxylic acids is 3. The number of carbonyl (C=O) groups is 3. The van der Waals surface area contributed by atoms with Crippen molar-refractivity contribution in [1.82, 2.24) is 15.1 Å². The summed E-state index contributed by atoms with van der Waals surface area (Å²) >= 11 is 0. The number of aromatic hydroxyl groups is 1. The fourth-order valence-electron chi connectivity index (χ4n) is 4.16. The number of likely N-dealkylation sites (N-methyl/N-ethyl adjacent to an activating group) is 1. The van der Waals surface area contributed by atoms with Crippen LogP contribution in [0, 0.1) is 6.92 Å². The van der Waals surface area contributed by atoms with Crippen molar-refractivity contribution >= 4 is 17.7 Å². The smallest absolute Gasteiger partial charge is 0.245 e. The molecule has 1 saturated heterocycles. The Morgan fingerprint density at radius 2 is 1.89 bits per heavy atom. The van der Waals surface area contributed by atoms with E-state index in [4.69, 9.17) is 9.47 Å². The van der Waals surface area contributed by atoms with Gasteiger partial charge in [0.25, 0.3) is 0 Å². The van der Waals surface area contributed by atoms with Crippen LogP contribution in [0.15, 0.2) is 0 Å². The molecular weight excluding hydrogens is 366 g/mol. The number of methoxy groups -OCH3 is 2. The van der Waals surface area contributed by atoms with Gasteiger partial charge in [-0.25, -0.2) is 0 Å². The molecule has 2 aliphatic rings. The molecule has 0 aliphatic carbocycles. The third-order valence-electron chi connectivity index (χ3n) is 5.43. The molecule has 2 N–H and O–H groups in total. The number of hydrogen-bond acceptors (Lipinski definition) is 6. The molecule has 0 aromatic heterocycles. The third kappa shape index (κ3) is 2.90. The Labute approximate surface area is 163 Å². The van der Waals surface area contributed by atoms with Gasteiger partial charge in [-0.05, 0) is 6.92 Å². The van der Waals surface area contributed by atoms with Gasteiger partial charge in [-0.3, -0.25) is 14.4 Å². The van der Waals surface area contributed by atoms with Crippen molar-refractivity contribution in [2.24, 2.45) is 0 Å². The topological polar surface area (TPSA) is 108 Å². The Kier molecular flexibility index (Phi) is 5.10. The lowest BCUT2D eigenvalue weighted by atomic mass is 9.83. The van der Waals surface area contributed by atoms with E-state index in [0.29, 0.717) is 28.2 Å². The molecule has 3 amide bonds. The summed E-state index contributed by atoms with van der Waals surface area (Å²) in [5.74, 6) is 0.0604. The van der Waals surface area contributed by atoms with Crippen LogP contribution in [-0.4, -0.2) is 73.0 Å². The summed E-state index contributed by atoms with van der Waals surface area (Å²) in [5, 5.41) is 13.6. The standard InChI is InChI=1S/C19H25N3O6/c1-9-16(25)11-6-12-19(26)21(3)8-14(24)22(12)13(7-20-10(2)23)15(11)18(28-5)17(9)27-4/h12-13,25H,6-8H2,1-5H3,(H,20,23)/t12-,13-/m0/s1. The predicted octanol–water partition coefficient (Wildman–Crippen LogP) is 0.120. The maximum absolute atomic E-state index is 12.8. The van der Waals surface area contributed by atoms with Gasteiger partial charge in [-0.2, -0.15) is 0 Å². The van der Waals surface area contributed by atoms with E-state index < -0.39 is 12.1 Å². The minimum atomic E-state index is -0.749. The first-order valence-corrected chi connectivity index (χ1v) is 8.99. The van der Waals surface area contributed by atoms with Gasteiger partial charge in [0.2, 0.25) is 17.7 Å². The molecule has 2 atom stereocenters. The monoisotopic (exact) mass is 391 g/mol. The van der Waals surface area contributed by atoms with Gasteiger partial charge in [0, 0.05) is 43.6 Å². The van der Waals surface area contributed by atoms with Crippen LogP contribution in [-0.2, 0) is 20.8 Å². The van der Waals surface area contributed by atoms with Crippen LogP contribution in [0.1, 0.15) is 29.7 Å². The van der Waals surface area contributed by atoms with E-state index in [1.165, 1.54) is 30.9 Å². The first-order valence-electron chi connectivity index (χ1n) is 8.99. The van der Waals surface area contributed by atoms with Gasteiger partial charge in [0.15, 0.2) is 11.5 Å². The highest BCUT2D eigenvalue weighted by Gasteiger charge is 2.48. The van der Waals surface area contributed by atoms with Crippen molar-refractivity contribution in [2.45, 2.75) is 32.4 Å². The van der Waals surface area contributed by atoms with Gasteiger partial charge >= 0.3 is 0 Å². The van der Waals surface area contributed by atoms with E-state index in [9.17, 15) is 19.5 Å². The van der Waals surface area contributed by atoms with E-state index in [0.717, 1.165) is 0 Å². The number of fused-ring (bicyclic) bond motifs is 2. The zero-order valence-corrected chi connectivity index (χ0v) is 16.7. The molecule has 1 aromatic carbocycles. The number of rotatable bonds is 4. The number of nitrogens with one attached hydrogen (secondary N) is 1. The third-order valence-corrected chi connectivity index (χ3v) is 5.43. The number of hydrogen-bond donors (Lipinski definition) is 2. The zero-order chi connectivity index (χ0) is 20.7. The normalized spacial score (nSPS) is 21.2. The fraction of sp³-hybridized carbons (Fsp3) is 0.526. The zero-order valence-electron chi connectivity index (χ0n) is 16.7. The molecule has 3 rings (SSSR count). The summed E-state index contributed by atoms with van der Waals surface area (Å²) < 4.78 is 11.0. The van der Waals surface area contributed by atoms with Gasteiger partial charge in [-0.1, -0.05) is 0 Å². The molecule has 2 heterocycles. The average molecular weight is 391 g/mol. The molecule has 0 spiro atoms. The van der Waals surface area contributed by atoms with Crippen molar-refractivity contribution in [1.29, 1.82) is 0 Å². The van der Waals surface area contributed by atoms with Crippen LogP contribution in [0.25, 0.3) is 0 Å². The molecule has 9 heteroatoms. The highest BCUT2D eigenvalue weighted by atomic mass is 16.5. The first-order chi connectivity index (χ1) is 13.2. The van der Waals surface area contributed by atoms with E-state index in [2.05, 4.69) is 5.32 Å². The van der Waals surface area contributed by atoms with Crippen LogP contribution in [0.3, 0.4) is 0 Å². The Morgan fingerprint density at radius 3 is 2.46 bits per heavy atom. The molecule has 0 radical (unpaired) electrons. The summed E-state index contributed by atoms with van der Waals surface area (Å²) in [5.41, 5.74) is 1.58. The molecule has 2 aliphatic heterocycles. The summed E-state index contributed by atoms with van der Waals surface area (Å²) in [6.07, 6.45) is 0.161. The van der Waals surface area contributed by atoms with Crippen LogP contribution < -0.4 is 14.8 Å². The van der Waals surface area contributed by atoms with Crippen LogP contribution in [0.4, 0.5) is 0 Å². The first kappa shape index (κ1) is 19.8. The second-order valence-electron chi connectivity index (χ2n) is 7.10. The maximum Gasteiger partial charge on any atom is 0.245 e. The van der Waals surface area contributed by atoms with E-state index >= 15 is 0 Å². The lowest BCUT2D eigenvalue weighted by Gasteiger charge is -2.47. The van der Waals surface area contributed by atoms with Gasteiger partial charge in [0.05, 0.1) is 26.8 Å². The number of phenolic OH excluding ortho intramolecular Hbond substituents is 1. The Morgan fingerprint density at radius 1 is 1.25 bits per heavy atom.